The molecule has 0 unspecified atom stereocenters. The lowest BCUT2D eigenvalue weighted by molar-refractivity contribution is 0.303. The summed E-state index contributed by atoms with van der Waals surface area (Å²) in [7, 11) is 0. The molecule has 0 heterocycles. The van der Waals surface area contributed by atoms with Crippen LogP contribution in [-0.4, -0.2) is 11.7 Å². The van der Waals surface area contributed by atoms with Gasteiger partial charge in [-0.3, -0.25) is 0 Å². The first-order valence-electron chi connectivity index (χ1n) is 4.27. The molecule has 0 saturated carbocycles. The van der Waals surface area contributed by atoms with Gasteiger partial charge in [-0.25, -0.2) is 4.39 Å². The van der Waals surface area contributed by atoms with Crippen LogP contribution in [0.25, 0.3) is 6.08 Å². The molecule has 0 aliphatic heterocycles. The first-order chi connectivity index (χ1) is 6.24. The van der Waals surface area contributed by atoms with Crippen LogP contribution in [0.15, 0.2) is 24.3 Å². The van der Waals surface area contributed by atoms with Gasteiger partial charge in [-0.15, -0.1) is 0 Å². The Labute approximate surface area is 77.5 Å². The normalized spacial score (nSPS) is 11.0. The lowest BCUT2D eigenvalue weighted by Crippen LogP contribution is -1.83. The van der Waals surface area contributed by atoms with E-state index in [4.69, 9.17) is 5.11 Å². The van der Waals surface area contributed by atoms with E-state index in [1.807, 2.05) is 13.0 Å². The zero-order chi connectivity index (χ0) is 9.68. The van der Waals surface area contributed by atoms with Crippen LogP contribution >= 0.6 is 0 Å². The minimum Gasteiger partial charge on any atom is -0.396 e. The van der Waals surface area contributed by atoms with E-state index in [0.717, 1.165) is 5.56 Å². The number of hydrogen-bond donors (Lipinski definition) is 1. The lowest BCUT2D eigenvalue weighted by Gasteiger charge is -1.97. The zero-order valence-electron chi connectivity index (χ0n) is 7.63. The van der Waals surface area contributed by atoms with Crippen LogP contribution in [0.2, 0.25) is 0 Å². The molecule has 0 aliphatic carbocycles. The van der Waals surface area contributed by atoms with Crippen LogP contribution in [0.5, 0.6) is 0 Å². The van der Waals surface area contributed by atoms with Gasteiger partial charge in [0, 0.05) is 12.2 Å². The molecule has 0 aromatic heterocycles. The fourth-order valence-electron chi connectivity index (χ4n) is 1.05. The van der Waals surface area contributed by atoms with Crippen molar-refractivity contribution < 1.29 is 9.50 Å². The smallest absolute Gasteiger partial charge is 0.130 e. The van der Waals surface area contributed by atoms with Gasteiger partial charge in [0.25, 0.3) is 0 Å². The van der Waals surface area contributed by atoms with Crippen molar-refractivity contribution in [2.24, 2.45) is 0 Å². The molecule has 0 radical (unpaired) electrons. The molecule has 1 rings (SSSR count). The number of benzene rings is 1. The van der Waals surface area contributed by atoms with Crippen LogP contribution in [-0.2, 0) is 0 Å². The Kier molecular flexibility index (Phi) is 3.65. The standard InChI is InChI=1S/C11H13FO/c1-9-5-6-10(11(12)8-9)4-2-3-7-13/h2,4-6,8,13H,3,7H2,1H3. The van der Waals surface area contributed by atoms with Crippen molar-refractivity contribution in [3.8, 4) is 0 Å². The van der Waals surface area contributed by atoms with Gasteiger partial charge in [0.1, 0.15) is 5.82 Å². The second-order valence-corrected chi connectivity index (χ2v) is 2.94. The van der Waals surface area contributed by atoms with Gasteiger partial charge in [0.2, 0.25) is 0 Å². The van der Waals surface area contributed by atoms with Crippen LogP contribution in [0, 0.1) is 12.7 Å². The molecule has 0 fully saturated rings. The van der Waals surface area contributed by atoms with Crippen molar-refractivity contribution >= 4 is 6.08 Å². The van der Waals surface area contributed by atoms with E-state index in [2.05, 4.69) is 0 Å². The highest BCUT2D eigenvalue weighted by Crippen LogP contribution is 2.11. The Bertz CT molecular complexity index is 305. The van der Waals surface area contributed by atoms with E-state index in [1.54, 1.807) is 18.2 Å². The van der Waals surface area contributed by atoms with Crippen LogP contribution in [0.3, 0.4) is 0 Å². The van der Waals surface area contributed by atoms with Crippen LogP contribution in [0.4, 0.5) is 4.39 Å². The molecular formula is C11H13FO. The highest BCUT2D eigenvalue weighted by Gasteiger charge is 1.96. The van der Waals surface area contributed by atoms with Crippen molar-refractivity contribution in [3.05, 3.63) is 41.2 Å². The number of aliphatic hydroxyl groups excluding tert-OH is 1. The molecule has 0 saturated heterocycles. The highest BCUT2D eigenvalue weighted by atomic mass is 19.1. The third-order valence-corrected chi connectivity index (χ3v) is 1.75. The monoisotopic (exact) mass is 180 g/mol. The second kappa shape index (κ2) is 4.77. The number of aryl methyl sites for hydroxylation is 1. The fourth-order valence-corrected chi connectivity index (χ4v) is 1.05. The van der Waals surface area contributed by atoms with Crippen LogP contribution < -0.4 is 0 Å². The molecule has 70 valence electrons. The third kappa shape index (κ3) is 2.99. The summed E-state index contributed by atoms with van der Waals surface area (Å²) in [4.78, 5) is 0. The topological polar surface area (TPSA) is 20.2 Å². The molecular weight excluding hydrogens is 167 g/mol. The van der Waals surface area contributed by atoms with Gasteiger partial charge >= 0.3 is 0 Å². The van der Waals surface area contributed by atoms with Gasteiger partial charge in [-0.1, -0.05) is 24.3 Å². The number of rotatable bonds is 3. The van der Waals surface area contributed by atoms with E-state index < -0.39 is 0 Å². The molecule has 0 amide bonds. The SMILES string of the molecule is Cc1ccc(C=CCCO)c(F)c1. The highest BCUT2D eigenvalue weighted by molar-refractivity contribution is 5.50. The molecule has 13 heavy (non-hydrogen) atoms. The first kappa shape index (κ1) is 9.93. The van der Waals surface area contributed by atoms with Gasteiger partial charge in [-0.05, 0) is 25.0 Å². The largest absolute Gasteiger partial charge is 0.396 e. The summed E-state index contributed by atoms with van der Waals surface area (Å²) >= 11 is 0. The van der Waals surface area contributed by atoms with Crippen LogP contribution in [0.1, 0.15) is 17.5 Å². The van der Waals surface area contributed by atoms with Crippen molar-refractivity contribution in [2.45, 2.75) is 13.3 Å². The molecule has 1 nitrogen and oxygen atoms in total. The number of aliphatic hydroxyl groups is 1. The molecule has 1 aromatic carbocycles. The van der Waals surface area contributed by atoms with Crippen molar-refractivity contribution in [3.63, 3.8) is 0 Å². The van der Waals surface area contributed by atoms with E-state index in [-0.39, 0.29) is 12.4 Å². The summed E-state index contributed by atoms with van der Waals surface area (Å²) in [5, 5.41) is 8.51. The second-order valence-electron chi connectivity index (χ2n) is 2.94. The minimum absolute atomic E-state index is 0.101. The average Bonchev–Trinajstić information content (AvgIpc) is 2.09. The summed E-state index contributed by atoms with van der Waals surface area (Å²) in [6.45, 7) is 1.95. The Morgan fingerprint density at radius 3 is 2.85 bits per heavy atom. The molecule has 2 heteroatoms. The quantitative estimate of drug-likeness (QED) is 0.757. The number of halogens is 1. The molecule has 0 bridgehead atoms. The summed E-state index contributed by atoms with van der Waals surface area (Å²) in [5.41, 5.74) is 1.48. The van der Waals surface area contributed by atoms with Gasteiger partial charge in [0.15, 0.2) is 0 Å². The maximum atomic E-state index is 13.2. The van der Waals surface area contributed by atoms with E-state index >= 15 is 0 Å². The summed E-state index contributed by atoms with van der Waals surface area (Å²) in [6.07, 6.45) is 4.01. The molecule has 0 spiro atoms. The maximum absolute atomic E-state index is 13.2. The molecule has 1 N–H and O–H groups in total. The molecule has 0 atom stereocenters. The van der Waals surface area contributed by atoms with Gasteiger partial charge < -0.3 is 5.11 Å². The predicted molar refractivity (Wildman–Crippen MR) is 51.9 cm³/mol. The lowest BCUT2D eigenvalue weighted by atomic mass is 10.1. The van der Waals surface area contributed by atoms with Crippen molar-refractivity contribution in [1.82, 2.24) is 0 Å². The average molecular weight is 180 g/mol. The Morgan fingerprint density at radius 1 is 1.46 bits per heavy atom. The Hall–Kier alpha value is -1.15. The molecule has 1 aromatic rings. The summed E-state index contributed by atoms with van der Waals surface area (Å²) < 4.78 is 13.2. The van der Waals surface area contributed by atoms with E-state index in [9.17, 15) is 4.39 Å². The maximum Gasteiger partial charge on any atom is 0.130 e. The van der Waals surface area contributed by atoms with Crippen molar-refractivity contribution in [2.75, 3.05) is 6.61 Å². The third-order valence-electron chi connectivity index (χ3n) is 1.75. The predicted octanol–water partition coefficient (Wildman–Crippen LogP) is 2.53. The van der Waals surface area contributed by atoms with Gasteiger partial charge in [0.05, 0.1) is 0 Å². The minimum atomic E-state index is -0.214. The Morgan fingerprint density at radius 2 is 2.23 bits per heavy atom. The Balaban J connectivity index is 2.77. The fraction of sp³-hybridized carbons (Fsp3) is 0.273. The summed E-state index contributed by atoms with van der Waals surface area (Å²) in [6, 6.07) is 5.10. The van der Waals surface area contributed by atoms with Gasteiger partial charge in [-0.2, -0.15) is 0 Å². The van der Waals surface area contributed by atoms with E-state index in [0.29, 0.717) is 12.0 Å². The summed E-state index contributed by atoms with van der Waals surface area (Å²) in [5.74, 6) is -0.214. The molecule has 0 aliphatic rings. The zero-order valence-corrected chi connectivity index (χ0v) is 7.63. The van der Waals surface area contributed by atoms with Crippen molar-refractivity contribution in [1.29, 1.82) is 0 Å². The number of hydrogen-bond acceptors (Lipinski definition) is 1. The first-order valence-corrected chi connectivity index (χ1v) is 4.27. The van der Waals surface area contributed by atoms with E-state index in [1.165, 1.54) is 6.07 Å².